The van der Waals surface area contributed by atoms with E-state index in [1.807, 2.05) is 0 Å². The van der Waals surface area contributed by atoms with Crippen molar-refractivity contribution in [3.63, 3.8) is 0 Å². The number of nitrogens with zero attached hydrogens (tertiary/aromatic N) is 2. The zero-order valence-electron chi connectivity index (χ0n) is 13.5. The zero-order chi connectivity index (χ0) is 20.6. The summed E-state index contributed by atoms with van der Waals surface area (Å²) >= 11 is 12.6. The van der Waals surface area contributed by atoms with Crippen molar-refractivity contribution in [1.82, 2.24) is 0 Å². The van der Waals surface area contributed by atoms with E-state index in [1.165, 1.54) is 18.2 Å². The second kappa shape index (κ2) is 8.05. The van der Waals surface area contributed by atoms with E-state index in [-0.39, 0.29) is 20.6 Å². The molecule has 0 unspecified atom stereocenters. The van der Waals surface area contributed by atoms with Crippen LogP contribution in [0.15, 0.2) is 55.4 Å². The number of thioether (sulfide) groups is 1. The molecule has 0 N–H and O–H groups in total. The van der Waals surface area contributed by atoms with E-state index in [9.17, 15) is 22.9 Å². The van der Waals surface area contributed by atoms with E-state index in [1.54, 1.807) is 12.1 Å². The lowest BCUT2D eigenvalue weighted by Crippen LogP contribution is -2.27. The minimum absolute atomic E-state index is 0.0450. The first kappa shape index (κ1) is 21.2. The molecule has 0 atom stereocenters. The Kier molecular flexibility index (Phi) is 6.08. The second-order valence-corrected chi connectivity index (χ2v) is 8.87. The van der Waals surface area contributed by atoms with Crippen molar-refractivity contribution in [2.75, 3.05) is 4.90 Å². The third-order valence-electron chi connectivity index (χ3n) is 3.65. The van der Waals surface area contributed by atoms with Crippen LogP contribution in [0.3, 0.4) is 0 Å². The van der Waals surface area contributed by atoms with Crippen LogP contribution >= 0.6 is 55.8 Å². The Labute approximate surface area is 183 Å². The normalized spacial score (nSPS) is 16.2. The summed E-state index contributed by atoms with van der Waals surface area (Å²) in [6, 6.07) is 7.61. The van der Waals surface area contributed by atoms with Crippen LogP contribution in [0.25, 0.3) is 6.08 Å². The maximum atomic E-state index is 13.0. The molecule has 3 rings (SSSR count). The van der Waals surface area contributed by atoms with E-state index in [0.29, 0.717) is 14.5 Å². The van der Waals surface area contributed by atoms with Gasteiger partial charge in [-0.05, 0) is 79.0 Å². The van der Waals surface area contributed by atoms with Gasteiger partial charge in [-0.25, -0.2) is 0 Å². The van der Waals surface area contributed by atoms with E-state index in [0.717, 1.165) is 28.8 Å². The molecule has 0 bridgehead atoms. The fourth-order valence-electron chi connectivity index (χ4n) is 2.42. The third kappa shape index (κ3) is 4.22. The number of hydrogen-bond donors (Lipinski definition) is 0. The third-order valence-corrected chi connectivity index (χ3v) is 6.16. The fraction of sp³-hybridized carbons (Fsp3) is 0.0588. The monoisotopic (exact) mass is 550 g/mol. The summed E-state index contributed by atoms with van der Waals surface area (Å²) in [7, 11) is 0. The molecule has 1 aliphatic heterocycles. The highest BCUT2D eigenvalue weighted by Crippen LogP contribution is 2.40. The highest BCUT2D eigenvalue weighted by molar-refractivity contribution is 9.11. The van der Waals surface area contributed by atoms with Gasteiger partial charge in [0.2, 0.25) is 0 Å². The average molecular weight is 552 g/mol. The molecule has 0 radical (unpaired) electrons. The lowest BCUT2D eigenvalue weighted by Gasteiger charge is -2.16. The average Bonchev–Trinajstić information content (AvgIpc) is 2.87. The van der Waals surface area contributed by atoms with Crippen LogP contribution in [-0.2, 0) is 11.0 Å². The van der Waals surface area contributed by atoms with Crippen molar-refractivity contribution >= 4 is 83.5 Å². The standard InChI is InChI=1S/C17H7Br2F3N2O2S2/c18-11-4-8(5-12(19)14(11)23-26)6-13-15(25)24(16(27)28-13)10-3-1-2-9(7-10)17(20,21)22/h1-7H/b13-6-. The molecule has 11 heteroatoms. The van der Waals surface area contributed by atoms with Gasteiger partial charge in [0, 0.05) is 8.95 Å². The molecule has 0 aromatic heterocycles. The van der Waals surface area contributed by atoms with Crippen LogP contribution in [0.5, 0.6) is 0 Å². The van der Waals surface area contributed by atoms with Gasteiger partial charge in [0.15, 0.2) is 4.32 Å². The van der Waals surface area contributed by atoms with Crippen molar-refractivity contribution in [3.8, 4) is 0 Å². The van der Waals surface area contributed by atoms with Crippen molar-refractivity contribution in [1.29, 1.82) is 0 Å². The van der Waals surface area contributed by atoms with Crippen molar-refractivity contribution in [2.45, 2.75) is 6.18 Å². The quantitative estimate of drug-likeness (QED) is 0.233. The highest BCUT2D eigenvalue weighted by Gasteiger charge is 2.36. The second-order valence-electron chi connectivity index (χ2n) is 5.49. The predicted octanol–water partition coefficient (Wildman–Crippen LogP) is 7.03. The number of amides is 1. The highest BCUT2D eigenvalue weighted by atomic mass is 79.9. The van der Waals surface area contributed by atoms with Crippen LogP contribution < -0.4 is 4.90 Å². The van der Waals surface area contributed by atoms with E-state index in [4.69, 9.17) is 12.2 Å². The Balaban J connectivity index is 1.97. The Bertz CT molecular complexity index is 1020. The predicted molar refractivity (Wildman–Crippen MR) is 114 cm³/mol. The molecule has 1 aliphatic rings. The van der Waals surface area contributed by atoms with Crippen LogP contribution in [0.2, 0.25) is 0 Å². The molecule has 1 fully saturated rings. The van der Waals surface area contributed by atoms with Gasteiger partial charge in [0.05, 0.1) is 16.2 Å². The minimum Gasteiger partial charge on any atom is -0.268 e. The topological polar surface area (TPSA) is 49.7 Å². The first-order valence-corrected chi connectivity index (χ1v) is 10.2. The van der Waals surface area contributed by atoms with Gasteiger partial charge in [-0.15, -0.1) is 4.91 Å². The summed E-state index contributed by atoms with van der Waals surface area (Å²) in [4.78, 5) is 24.9. The van der Waals surface area contributed by atoms with Gasteiger partial charge in [-0.3, -0.25) is 9.69 Å². The number of alkyl halides is 3. The molecule has 0 aliphatic carbocycles. The first-order chi connectivity index (χ1) is 13.1. The van der Waals surface area contributed by atoms with Gasteiger partial charge in [-0.2, -0.15) is 13.2 Å². The van der Waals surface area contributed by atoms with E-state index >= 15 is 0 Å². The number of rotatable bonds is 3. The fourth-order valence-corrected chi connectivity index (χ4v) is 5.08. The molecule has 1 saturated heterocycles. The summed E-state index contributed by atoms with van der Waals surface area (Å²) in [6.45, 7) is 0. The molecule has 0 saturated carbocycles. The Morgan fingerprint density at radius 2 is 1.79 bits per heavy atom. The van der Waals surface area contributed by atoms with Crippen molar-refractivity contribution in [3.05, 3.63) is 66.3 Å². The summed E-state index contributed by atoms with van der Waals surface area (Å²) in [6.07, 6.45) is -2.99. The molecule has 2 aromatic rings. The number of halogens is 5. The number of benzene rings is 2. The number of hydrogen-bond acceptors (Lipinski definition) is 5. The zero-order valence-corrected chi connectivity index (χ0v) is 18.3. The first-order valence-electron chi connectivity index (χ1n) is 7.39. The SMILES string of the molecule is O=Nc1c(Br)cc(/C=C2\SC(=S)N(c3cccc(C(F)(F)F)c3)C2=O)cc1Br. The van der Waals surface area contributed by atoms with E-state index in [2.05, 4.69) is 37.0 Å². The number of carbonyl (C=O) groups is 1. The Morgan fingerprint density at radius 1 is 1.14 bits per heavy atom. The molecule has 4 nitrogen and oxygen atoms in total. The summed E-state index contributed by atoms with van der Waals surface area (Å²) in [5.74, 6) is -0.529. The van der Waals surface area contributed by atoms with Gasteiger partial charge >= 0.3 is 6.18 Å². The molecule has 144 valence electrons. The summed E-state index contributed by atoms with van der Waals surface area (Å²) < 4.78 is 39.9. The van der Waals surface area contributed by atoms with Crippen LogP contribution in [0, 0.1) is 4.91 Å². The Morgan fingerprint density at radius 3 is 2.36 bits per heavy atom. The molecule has 2 aromatic carbocycles. The van der Waals surface area contributed by atoms with E-state index < -0.39 is 17.6 Å². The number of anilines is 1. The number of thiocarbonyl (C=S) groups is 1. The van der Waals surface area contributed by atoms with Crippen molar-refractivity contribution in [2.24, 2.45) is 5.18 Å². The molecule has 1 amide bonds. The maximum absolute atomic E-state index is 13.0. The van der Waals surface area contributed by atoms with Crippen molar-refractivity contribution < 1.29 is 18.0 Å². The van der Waals surface area contributed by atoms with Crippen LogP contribution in [0.1, 0.15) is 11.1 Å². The van der Waals surface area contributed by atoms with Gasteiger partial charge in [-0.1, -0.05) is 30.0 Å². The van der Waals surface area contributed by atoms with Crippen LogP contribution in [0.4, 0.5) is 24.5 Å². The smallest absolute Gasteiger partial charge is 0.268 e. The molecular weight excluding hydrogens is 545 g/mol. The largest absolute Gasteiger partial charge is 0.416 e. The summed E-state index contributed by atoms with van der Waals surface area (Å²) in [5.41, 5.74) is -0.0687. The van der Waals surface area contributed by atoms with Gasteiger partial charge in [0.25, 0.3) is 5.91 Å². The molecule has 1 heterocycles. The number of nitroso groups, excluding NO2 is 1. The van der Waals surface area contributed by atoms with Gasteiger partial charge < -0.3 is 0 Å². The maximum Gasteiger partial charge on any atom is 0.416 e. The molecule has 28 heavy (non-hydrogen) atoms. The molecule has 0 spiro atoms. The number of carbonyl (C=O) groups excluding carboxylic acids is 1. The Hall–Kier alpha value is -1.56. The lowest BCUT2D eigenvalue weighted by atomic mass is 10.1. The molecular formula is C17H7Br2F3N2O2S2. The minimum atomic E-state index is -4.53. The van der Waals surface area contributed by atoms with Gasteiger partial charge in [0.1, 0.15) is 5.69 Å². The summed E-state index contributed by atoms with van der Waals surface area (Å²) in [5, 5.41) is 2.89. The van der Waals surface area contributed by atoms with Crippen LogP contribution in [-0.4, -0.2) is 10.2 Å². The lowest BCUT2D eigenvalue weighted by molar-refractivity contribution is -0.137.